The molecule has 0 saturated carbocycles. The molecule has 0 aliphatic carbocycles. The summed E-state index contributed by atoms with van der Waals surface area (Å²) in [6, 6.07) is 9.87. The molecule has 2 aromatic rings. The van der Waals surface area contributed by atoms with E-state index in [9.17, 15) is 4.79 Å². The monoisotopic (exact) mass is 270 g/mol. The number of carbonyl (C=O) groups excluding carboxylic acids is 1. The van der Waals surface area contributed by atoms with Gasteiger partial charge in [0, 0.05) is 13.0 Å². The molecular weight excluding hydrogens is 252 g/mol. The molecule has 1 amide bonds. The summed E-state index contributed by atoms with van der Waals surface area (Å²) in [6.45, 7) is 3.45. The average Bonchev–Trinajstić information content (AvgIpc) is 3.06. The maximum absolute atomic E-state index is 11.9. The van der Waals surface area contributed by atoms with Crippen molar-refractivity contribution in [3.05, 3.63) is 47.9 Å². The normalized spacial score (nSPS) is 14.8. The van der Waals surface area contributed by atoms with E-state index < -0.39 is 0 Å². The van der Waals surface area contributed by atoms with Crippen molar-refractivity contribution in [1.82, 2.24) is 0 Å². The largest absolute Gasteiger partial charge is 0.467 e. The van der Waals surface area contributed by atoms with E-state index in [1.54, 1.807) is 6.26 Å². The molecule has 0 bridgehead atoms. The Morgan fingerprint density at radius 3 is 2.85 bits per heavy atom. The summed E-state index contributed by atoms with van der Waals surface area (Å²) < 4.78 is 5.43. The Morgan fingerprint density at radius 1 is 1.30 bits per heavy atom. The van der Waals surface area contributed by atoms with Crippen molar-refractivity contribution >= 4 is 17.3 Å². The smallest absolute Gasteiger partial charge is 0.227 e. The highest BCUT2D eigenvalue weighted by molar-refractivity contribution is 5.98. The van der Waals surface area contributed by atoms with Gasteiger partial charge in [-0.3, -0.25) is 4.79 Å². The van der Waals surface area contributed by atoms with Gasteiger partial charge in [0.05, 0.1) is 24.2 Å². The number of anilines is 2. The van der Waals surface area contributed by atoms with Gasteiger partial charge in [-0.15, -0.1) is 0 Å². The SMILES string of the molecule is Cc1ccoc1CNc1ccccc1N1CCCC1=O. The zero-order valence-corrected chi connectivity index (χ0v) is 11.6. The van der Waals surface area contributed by atoms with Crippen LogP contribution >= 0.6 is 0 Å². The molecule has 1 fully saturated rings. The number of nitrogens with zero attached hydrogens (tertiary/aromatic N) is 1. The predicted molar refractivity (Wildman–Crippen MR) is 78.8 cm³/mol. The lowest BCUT2D eigenvalue weighted by Crippen LogP contribution is -2.24. The van der Waals surface area contributed by atoms with Crippen molar-refractivity contribution in [3.63, 3.8) is 0 Å². The number of furan rings is 1. The van der Waals surface area contributed by atoms with Crippen LogP contribution in [0.3, 0.4) is 0 Å². The van der Waals surface area contributed by atoms with Gasteiger partial charge in [-0.25, -0.2) is 0 Å². The lowest BCUT2D eigenvalue weighted by atomic mass is 10.2. The van der Waals surface area contributed by atoms with Gasteiger partial charge in [0.2, 0.25) is 5.91 Å². The number of aryl methyl sites for hydroxylation is 1. The van der Waals surface area contributed by atoms with Gasteiger partial charge in [0.15, 0.2) is 0 Å². The zero-order chi connectivity index (χ0) is 13.9. The molecule has 1 aliphatic heterocycles. The molecule has 4 nitrogen and oxygen atoms in total. The molecule has 0 spiro atoms. The number of carbonyl (C=O) groups is 1. The fraction of sp³-hybridized carbons (Fsp3) is 0.312. The summed E-state index contributed by atoms with van der Waals surface area (Å²) in [5.41, 5.74) is 3.06. The van der Waals surface area contributed by atoms with Crippen LogP contribution in [0.5, 0.6) is 0 Å². The molecule has 0 atom stereocenters. The minimum atomic E-state index is 0.202. The molecule has 4 heteroatoms. The van der Waals surface area contributed by atoms with Gasteiger partial charge < -0.3 is 14.6 Å². The van der Waals surface area contributed by atoms with Crippen molar-refractivity contribution in [2.75, 3.05) is 16.8 Å². The van der Waals surface area contributed by atoms with Crippen molar-refractivity contribution < 1.29 is 9.21 Å². The second kappa shape index (κ2) is 5.41. The van der Waals surface area contributed by atoms with Gasteiger partial charge in [0.25, 0.3) is 0 Å². The lowest BCUT2D eigenvalue weighted by molar-refractivity contribution is -0.117. The van der Waals surface area contributed by atoms with E-state index in [-0.39, 0.29) is 5.91 Å². The first-order valence-corrected chi connectivity index (χ1v) is 6.92. The average molecular weight is 270 g/mol. The molecule has 20 heavy (non-hydrogen) atoms. The Morgan fingerprint density at radius 2 is 2.15 bits per heavy atom. The number of amides is 1. The van der Waals surface area contributed by atoms with Crippen molar-refractivity contribution in [2.24, 2.45) is 0 Å². The van der Waals surface area contributed by atoms with Crippen LogP contribution in [0.2, 0.25) is 0 Å². The number of hydrogen-bond donors (Lipinski definition) is 1. The van der Waals surface area contributed by atoms with Crippen molar-refractivity contribution in [2.45, 2.75) is 26.3 Å². The molecule has 1 saturated heterocycles. The highest BCUT2D eigenvalue weighted by Crippen LogP contribution is 2.29. The second-order valence-electron chi connectivity index (χ2n) is 5.05. The third kappa shape index (κ3) is 2.41. The van der Waals surface area contributed by atoms with Crippen molar-refractivity contribution in [1.29, 1.82) is 0 Å². The molecule has 1 aliphatic rings. The van der Waals surface area contributed by atoms with E-state index in [0.717, 1.165) is 35.7 Å². The van der Waals surface area contributed by atoms with E-state index in [0.29, 0.717) is 13.0 Å². The standard InChI is InChI=1S/C16H18N2O2/c1-12-8-10-20-15(12)11-17-13-5-2-3-6-14(13)18-9-4-7-16(18)19/h2-3,5-6,8,10,17H,4,7,9,11H2,1H3. The topological polar surface area (TPSA) is 45.5 Å². The lowest BCUT2D eigenvalue weighted by Gasteiger charge is -2.20. The van der Waals surface area contributed by atoms with Crippen LogP contribution in [0.1, 0.15) is 24.2 Å². The molecule has 0 radical (unpaired) electrons. The molecular formula is C16H18N2O2. The van der Waals surface area contributed by atoms with E-state index in [1.165, 1.54) is 0 Å². The van der Waals surface area contributed by atoms with Crippen LogP contribution in [0.15, 0.2) is 41.0 Å². The van der Waals surface area contributed by atoms with Gasteiger partial charge in [0.1, 0.15) is 5.76 Å². The van der Waals surface area contributed by atoms with E-state index in [4.69, 9.17) is 4.42 Å². The van der Waals surface area contributed by atoms with Crippen LogP contribution in [0.25, 0.3) is 0 Å². The predicted octanol–water partition coefficient (Wildman–Crippen LogP) is 3.33. The van der Waals surface area contributed by atoms with E-state index >= 15 is 0 Å². The van der Waals surface area contributed by atoms with Crippen LogP contribution in [0, 0.1) is 6.92 Å². The van der Waals surface area contributed by atoms with Gasteiger partial charge >= 0.3 is 0 Å². The molecule has 104 valence electrons. The number of rotatable bonds is 4. The summed E-state index contributed by atoms with van der Waals surface area (Å²) >= 11 is 0. The minimum absolute atomic E-state index is 0.202. The molecule has 1 aromatic carbocycles. The Bertz CT molecular complexity index is 618. The van der Waals surface area contributed by atoms with Crippen LogP contribution < -0.4 is 10.2 Å². The van der Waals surface area contributed by atoms with Gasteiger partial charge in [-0.05, 0) is 37.1 Å². The Hall–Kier alpha value is -2.23. The van der Waals surface area contributed by atoms with Gasteiger partial charge in [-0.1, -0.05) is 12.1 Å². The van der Waals surface area contributed by atoms with Crippen LogP contribution in [-0.2, 0) is 11.3 Å². The van der Waals surface area contributed by atoms with E-state index in [1.807, 2.05) is 42.2 Å². The molecule has 1 aromatic heterocycles. The summed E-state index contributed by atoms with van der Waals surface area (Å²) in [5.74, 6) is 1.13. The number of hydrogen-bond acceptors (Lipinski definition) is 3. The van der Waals surface area contributed by atoms with Crippen molar-refractivity contribution in [3.8, 4) is 0 Å². The zero-order valence-electron chi connectivity index (χ0n) is 11.6. The summed E-state index contributed by atoms with van der Waals surface area (Å²) in [7, 11) is 0. The molecule has 2 heterocycles. The summed E-state index contributed by atoms with van der Waals surface area (Å²) in [5, 5.41) is 3.37. The first kappa shape index (κ1) is 12.8. The fourth-order valence-electron chi connectivity index (χ4n) is 2.52. The highest BCUT2D eigenvalue weighted by atomic mass is 16.3. The third-order valence-electron chi connectivity index (χ3n) is 3.68. The number of benzene rings is 1. The maximum Gasteiger partial charge on any atom is 0.227 e. The van der Waals surface area contributed by atoms with Crippen LogP contribution in [0.4, 0.5) is 11.4 Å². The third-order valence-corrected chi connectivity index (χ3v) is 3.68. The minimum Gasteiger partial charge on any atom is -0.467 e. The Balaban J connectivity index is 1.79. The Labute approximate surface area is 118 Å². The molecule has 1 N–H and O–H groups in total. The van der Waals surface area contributed by atoms with Gasteiger partial charge in [-0.2, -0.15) is 0 Å². The Kier molecular flexibility index (Phi) is 3.46. The highest BCUT2D eigenvalue weighted by Gasteiger charge is 2.23. The maximum atomic E-state index is 11.9. The quantitative estimate of drug-likeness (QED) is 0.927. The first-order chi connectivity index (χ1) is 9.75. The second-order valence-corrected chi connectivity index (χ2v) is 5.05. The summed E-state index contributed by atoms with van der Waals surface area (Å²) in [6.07, 6.45) is 3.28. The summed E-state index contributed by atoms with van der Waals surface area (Å²) in [4.78, 5) is 13.8. The fourth-order valence-corrected chi connectivity index (χ4v) is 2.52. The number of nitrogens with one attached hydrogen (secondary N) is 1. The molecule has 3 rings (SSSR count). The van der Waals surface area contributed by atoms with Crippen LogP contribution in [-0.4, -0.2) is 12.5 Å². The number of para-hydroxylation sites is 2. The first-order valence-electron chi connectivity index (χ1n) is 6.92. The van der Waals surface area contributed by atoms with E-state index in [2.05, 4.69) is 5.32 Å². The molecule has 0 unspecified atom stereocenters.